The number of nitrogens with zero attached hydrogens (tertiary/aromatic N) is 2. The summed E-state index contributed by atoms with van der Waals surface area (Å²) >= 11 is 1.41. The van der Waals surface area contributed by atoms with Crippen LogP contribution >= 0.6 is 11.3 Å². The third kappa shape index (κ3) is 5.69. The summed E-state index contributed by atoms with van der Waals surface area (Å²) in [5.74, 6) is 1.10. The van der Waals surface area contributed by atoms with Crippen LogP contribution in [0.5, 0.6) is 5.75 Å². The number of benzene rings is 1. The second-order valence-corrected chi connectivity index (χ2v) is 8.80. The number of anilines is 1. The fourth-order valence-corrected chi connectivity index (χ4v) is 4.06. The fourth-order valence-electron chi connectivity index (χ4n) is 3.04. The molecule has 3 amide bonds. The number of fused-ring (bicyclic) bond motifs is 1. The van der Waals surface area contributed by atoms with Crippen molar-refractivity contribution in [2.45, 2.75) is 52.6 Å². The predicted octanol–water partition coefficient (Wildman–Crippen LogP) is 3.76. The Morgan fingerprint density at radius 3 is 2.59 bits per heavy atom. The van der Waals surface area contributed by atoms with Crippen LogP contribution in [0.2, 0.25) is 0 Å². The van der Waals surface area contributed by atoms with Crippen molar-refractivity contribution in [1.82, 2.24) is 15.2 Å². The van der Waals surface area contributed by atoms with Gasteiger partial charge in [0, 0.05) is 23.9 Å². The number of carbonyl (C=O) groups is 2. The summed E-state index contributed by atoms with van der Waals surface area (Å²) in [6.45, 7) is 9.19. The average molecular weight is 417 g/mol. The first-order valence-corrected chi connectivity index (χ1v) is 10.7. The maximum atomic E-state index is 12.6. The summed E-state index contributed by atoms with van der Waals surface area (Å²) in [4.78, 5) is 31.7. The topological polar surface area (TPSA) is 83.6 Å². The third-order valence-corrected chi connectivity index (χ3v) is 5.63. The molecular weight excluding hydrogens is 388 g/mol. The number of aromatic nitrogens is 1. The molecule has 1 aliphatic rings. The highest BCUT2D eigenvalue weighted by Crippen LogP contribution is 2.28. The Bertz CT molecular complexity index is 861. The molecular formula is C21H28N4O3S. The monoisotopic (exact) mass is 416 g/mol. The SMILES string of the molecule is CC(C)NC(=O)Nc1nc2c(s1)CN(C(=O)COc1ccc(C(C)C)cc1)CC2. The van der Waals surface area contributed by atoms with Gasteiger partial charge in [0.25, 0.3) is 5.91 Å². The van der Waals surface area contributed by atoms with Crippen LogP contribution in [0.25, 0.3) is 0 Å². The molecule has 3 rings (SSSR count). The molecule has 0 spiro atoms. The lowest BCUT2D eigenvalue weighted by Crippen LogP contribution is -2.38. The number of hydrogen-bond donors (Lipinski definition) is 2. The quantitative estimate of drug-likeness (QED) is 0.751. The zero-order valence-corrected chi connectivity index (χ0v) is 18.1. The maximum Gasteiger partial charge on any atom is 0.321 e. The highest BCUT2D eigenvalue weighted by atomic mass is 32.1. The van der Waals surface area contributed by atoms with Crippen LogP contribution in [-0.4, -0.2) is 41.0 Å². The van der Waals surface area contributed by atoms with Crippen LogP contribution in [0.4, 0.5) is 9.93 Å². The molecule has 0 unspecified atom stereocenters. The van der Waals surface area contributed by atoms with Gasteiger partial charge in [-0.2, -0.15) is 0 Å². The van der Waals surface area contributed by atoms with Gasteiger partial charge in [-0.15, -0.1) is 0 Å². The minimum atomic E-state index is -0.268. The van der Waals surface area contributed by atoms with Crippen LogP contribution in [0.1, 0.15) is 49.7 Å². The average Bonchev–Trinajstić information content (AvgIpc) is 3.06. The number of thiazole rings is 1. The molecule has 1 aliphatic heterocycles. The van der Waals surface area contributed by atoms with Crippen LogP contribution in [-0.2, 0) is 17.8 Å². The van der Waals surface area contributed by atoms with Crippen molar-refractivity contribution >= 4 is 28.4 Å². The molecule has 2 heterocycles. The van der Waals surface area contributed by atoms with Gasteiger partial charge in [-0.25, -0.2) is 9.78 Å². The van der Waals surface area contributed by atoms with E-state index in [9.17, 15) is 9.59 Å². The predicted molar refractivity (Wildman–Crippen MR) is 115 cm³/mol. The van der Waals surface area contributed by atoms with E-state index in [0.29, 0.717) is 36.3 Å². The van der Waals surface area contributed by atoms with E-state index >= 15 is 0 Å². The molecule has 0 radical (unpaired) electrons. The molecule has 0 saturated carbocycles. The van der Waals surface area contributed by atoms with E-state index in [1.54, 1.807) is 4.90 Å². The zero-order valence-electron chi connectivity index (χ0n) is 17.3. The van der Waals surface area contributed by atoms with Gasteiger partial charge in [0.05, 0.1) is 12.2 Å². The second-order valence-electron chi connectivity index (χ2n) is 7.72. The van der Waals surface area contributed by atoms with Gasteiger partial charge >= 0.3 is 6.03 Å². The van der Waals surface area contributed by atoms with Crippen LogP contribution in [0.15, 0.2) is 24.3 Å². The van der Waals surface area contributed by atoms with Gasteiger partial charge in [0.2, 0.25) is 0 Å². The van der Waals surface area contributed by atoms with E-state index in [1.165, 1.54) is 16.9 Å². The largest absolute Gasteiger partial charge is 0.484 e. The number of hydrogen-bond acceptors (Lipinski definition) is 5. The summed E-state index contributed by atoms with van der Waals surface area (Å²) in [5, 5.41) is 6.10. The molecule has 0 aliphatic carbocycles. The number of rotatable bonds is 6. The number of urea groups is 1. The molecule has 8 heteroatoms. The second kappa shape index (κ2) is 9.26. The van der Waals surface area contributed by atoms with Crippen LogP contribution in [0.3, 0.4) is 0 Å². The molecule has 0 bridgehead atoms. The molecule has 2 N–H and O–H groups in total. The molecule has 29 heavy (non-hydrogen) atoms. The molecule has 0 atom stereocenters. The number of amides is 3. The lowest BCUT2D eigenvalue weighted by molar-refractivity contribution is -0.134. The van der Waals surface area contributed by atoms with E-state index in [2.05, 4.69) is 29.5 Å². The molecule has 0 saturated heterocycles. The smallest absolute Gasteiger partial charge is 0.321 e. The minimum Gasteiger partial charge on any atom is -0.484 e. The summed E-state index contributed by atoms with van der Waals surface area (Å²) < 4.78 is 5.67. The summed E-state index contributed by atoms with van der Waals surface area (Å²) in [5.41, 5.74) is 2.19. The summed E-state index contributed by atoms with van der Waals surface area (Å²) in [7, 11) is 0. The first kappa shape index (κ1) is 21.1. The van der Waals surface area contributed by atoms with Gasteiger partial charge in [-0.05, 0) is 37.5 Å². The lowest BCUT2D eigenvalue weighted by Gasteiger charge is -2.26. The van der Waals surface area contributed by atoms with E-state index in [4.69, 9.17) is 4.74 Å². The number of carbonyl (C=O) groups excluding carboxylic acids is 2. The molecule has 156 valence electrons. The summed E-state index contributed by atoms with van der Waals surface area (Å²) in [6, 6.07) is 7.65. The van der Waals surface area contributed by atoms with Crippen molar-refractivity contribution in [3.8, 4) is 5.75 Å². The lowest BCUT2D eigenvalue weighted by atomic mass is 10.0. The highest BCUT2D eigenvalue weighted by molar-refractivity contribution is 7.15. The minimum absolute atomic E-state index is 0.0110. The molecule has 2 aromatic rings. The molecule has 0 fully saturated rings. The van der Waals surface area contributed by atoms with Crippen LogP contribution < -0.4 is 15.4 Å². The van der Waals surface area contributed by atoms with Crippen LogP contribution in [0, 0.1) is 0 Å². The van der Waals surface area contributed by atoms with Crippen molar-refractivity contribution in [1.29, 1.82) is 0 Å². The normalized spacial score (nSPS) is 13.4. The summed E-state index contributed by atoms with van der Waals surface area (Å²) in [6.07, 6.45) is 0.675. The van der Waals surface area contributed by atoms with E-state index in [0.717, 1.165) is 10.6 Å². The Morgan fingerprint density at radius 1 is 1.21 bits per heavy atom. The van der Waals surface area contributed by atoms with Gasteiger partial charge < -0.3 is 15.0 Å². The maximum absolute atomic E-state index is 12.6. The van der Waals surface area contributed by atoms with Crippen molar-refractivity contribution in [2.24, 2.45) is 0 Å². The van der Waals surface area contributed by atoms with E-state index in [-0.39, 0.29) is 24.6 Å². The van der Waals surface area contributed by atoms with E-state index in [1.807, 2.05) is 38.1 Å². The Kier molecular flexibility index (Phi) is 6.74. The van der Waals surface area contributed by atoms with Gasteiger partial charge in [-0.3, -0.25) is 10.1 Å². The fraction of sp³-hybridized carbons (Fsp3) is 0.476. The van der Waals surface area contributed by atoms with Gasteiger partial charge in [-0.1, -0.05) is 37.3 Å². The van der Waals surface area contributed by atoms with Crippen molar-refractivity contribution in [2.75, 3.05) is 18.5 Å². The Hall–Kier alpha value is -2.61. The van der Waals surface area contributed by atoms with Crippen molar-refractivity contribution < 1.29 is 14.3 Å². The third-order valence-electron chi connectivity index (χ3n) is 4.63. The molecule has 7 nitrogen and oxygen atoms in total. The highest BCUT2D eigenvalue weighted by Gasteiger charge is 2.25. The Labute approximate surface area is 175 Å². The standard InChI is InChI=1S/C21H28N4O3S/c1-13(2)15-5-7-16(8-6-15)28-12-19(26)25-10-9-17-18(11-25)29-21(23-17)24-20(27)22-14(3)4/h5-8,13-14H,9-12H2,1-4H3,(H2,22,23,24,27). The Morgan fingerprint density at radius 2 is 1.93 bits per heavy atom. The van der Waals surface area contributed by atoms with Crippen molar-refractivity contribution in [3.05, 3.63) is 40.4 Å². The first-order valence-electron chi connectivity index (χ1n) is 9.88. The first-order chi connectivity index (χ1) is 13.8. The molecule has 1 aromatic heterocycles. The van der Waals surface area contributed by atoms with Gasteiger partial charge in [0.15, 0.2) is 11.7 Å². The number of ether oxygens (including phenoxy) is 1. The van der Waals surface area contributed by atoms with Gasteiger partial charge in [0.1, 0.15) is 5.75 Å². The number of nitrogens with one attached hydrogen (secondary N) is 2. The van der Waals surface area contributed by atoms with E-state index < -0.39 is 0 Å². The zero-order chi connectivity index (χ0) is 21.0. The molecule has 1 aromatic carbocycles. The Balaban J connectivity index is 1.53. The van der Waals surface area contributed by atoms with Crippen molar-refractivity contribution in [3.63, 3.8) is 0 Å².